The maximum absolute atomic E-state index is 12.1. The van der Waals surface area contributed by atoms with Crippen LogP contribution in [0.4, 0.5) is 10.5 Å². The first kappa shape index (κ1) is 19.2. The summed E-state index contributed by atoms with van der Waals surface area (Å²) in [6.07, 6.45) is 3.02. The van der Waals surface area contributed by atoms with E-state index in [0.29, 0.717) is 27.7 Å². The van der Waals surface area contributed by atoms with Crippen LogP contribution in [-0.2, 0) is 0 Å². The highest BCUT2D eigenvalue weighted by Gasteiger charge is 2.11. The molecular formula is C20H14BrN5O2S. The van der Waals surface area contributed by atoms with Crippen molar-refractivity contribution in [3.63, 3.8) is 0 Å². The minimum atomic E-state index is -0.497. The number of para-hydroxylation sites is 2. The third-order valence-electron chi connectivity index (χ3n) is 3.98. The molecule has 144 valence electrons. The molecule has 7 nitrogen and oxygen atoms in total. The van der Waals surface area contributed by atoms with Crippen molar-refractivity contribution >= 4 is 55.7 Å². The van der Waals surface area contributed by atoms with Gasteiger partial charge in [0, 0.05) is 45.6 Å². The maximum atomic E-state index is 12.1. The van der Waals surface area contributed by atoms with E-state index in [1.54, 1.807) is 24.4 Å². The molecule has 0 radical (unpaired) electrons. The Morgan fingerprint density at radius 3 is 2.59 bits per heavy atom. The SMILES string of the molecule is O=C(NSC(=O)c1cncc(Br)c1)Nc1ccc(-c2nc3ccccc3[nH]2)cc1. The van der Waals surface area contributed by atoms with Gasteiger partial charge in [-0.25, -0.2) is 9.78 Å². The zero-order valence-electron chi connectivity index (χ0n) is 14.8. The largest absolute Gasteiger partial charge is 0.338 e. The van der Waals surface area contributed by atoms with Gasteiger partial charge >= 0.3 is 6.03 Å². The molecule has 0 saturated carbocycles. The number of hydrogen-bond acceptors (Lipinski definition) is 5. The lowest BCUT2D eigenvalue weighted by molar-refractivity contribution is 0.108. The smallest absolute Gasteiger partial charge is 0.329 e. The van der Waals surface area contributed by atoms with Crippen LogP contribution in [0, 0.1) is 0 Å². The fourth-order valence-electron chi connectivity index (χ4n) is 2.63. The summed E-state index contributed by atoms with van der Waals surface area (Å²) in [5.74, 6) is 0.756. The minimum absolute atomic E-state index is 0.311. The van der Waals surface area contributed by atoms with Crippen molar-refractivity contribution in [2.24, 2.45) is 0 Å². The van der Waals surface area contributed by atoms with Crippen molar-refractivity contribution in [1.29, 1.82) is 0 Å². The lowest BCUT2D eigenvalue weighted by Gasteiger charge is -2.07. The Hall–Kier alpha value is -3.17. The van der Waals surface area contributed by atoms with Crippen LogP contribution in [0.15, 0.2) is 71.5 Å². The minimum Gasteiger partial charge on any atom is -0.338 e. The summed E-state index contributed by atoms with van der Waals surface area (Å²) in [5, 5.41) is 2.38. The summed E-state index contributed by atoms with van der Waals surface area (Å²) in [6.45, 7) is 0. The number of benzene rings is 2. The lowest BCUT2D eigenvalue weighted by atomic mass is 10.2. The Labute approximate surface area is 178 Å². The van der Waals surface area contributed by atoms with E-state index in [1.807, 2.05) is 36.4 Å². The fourth-order valence-corrected chi connectivity index (χ4v) is 3.46. The number of carbonyl (C=O) groups excluding carboxylic acids is 2. The van der Waals surface area contributed by atoms with Crippen LogP contribution in [0.3, 0.4) is 0 Å². The van der Waals surface area contributed by atoms with Gasteiger partial charge in [-0.1, -0.05) is 12.1 Å². The Balaban J connectivity index is 1.35. The molecule has 29 heavy (non-hydrogen) atoms. The number of pyridine rings is 1. The molecule has 2 aromatic carbocycles. The second-order valence-electron chi connectivity index (χ2n) is 6.02. The summed E-state index contributed by atoms with van der Waals surface area (Å²) in [4.78, 5) is 35.9. The number of aromatic nitrogens is 3. The van der Waals surface area contributed by atoms with Gasteiger partial charge in [0.05, 0.1) is 11.0 Å². The summed E-state index contributed by atoms with van der Waals surface area (Å²) in [5.41, 5.74) is 3.75. The van der Waals surface area contributed by atoms with Gasteiger partial charge in [-0.15, -0.1) is 0 Å². The van der Waals surface area contributed by atoms with Gasteiger partial charge in [0.2, 0.25) is 5.12 Å². The van der Waals surface area contributed by atoms with Crippen LogP contribution in [0.2, 0.25) is 0 Å². The van der Waals surface area contributed by atoms with Gasteiger partial charge < -0.3 is 10.3 Å². The van der Waals surface area contributed by atoms with Gasteiger partial charge in [-0.3, -0.25) is 14.5 Å². The van der Waals surface area contributed by atoms with Crippen molar-refractivity contribution in [3.05, 3.63) is 77.0 Å². The first-order chi connectivity index (χ1) is 14.1. The predicted molar refractivity (Wildman–Crippen MR) is 118 cm³/mol. The number of carbonyl (C=O) groups is 2. The highest BCUT2D eigenvalue weighted by molar-refractivity contribution is 9.10. The summed E-state index contributed by atoms with van der Waals surface area (Å²) >= 11 is 3.95. The fraction of sp³-hybridized carbons (Fsp3) is 0. The number of hydrogen-bond donors (Lipinski definition) is 3. The van der Waals surface area contributed by atoms with Gasteiger partial charge in [-0.05, 0) is 58.4 Å². The van der Waals surface area contributed by atoms with Crippen LogP contribution in [0.1, 0.15) is 10.4 Å². The van der Waals surface area contributed by atoms with E-state index in [4.69, 9.17) is 0 Å². The summed E-state index contributed by atoms with van der Waals surface area (Å²) in [6, 6.07) is 16.2. The number of halogens is 1. The summed E-state index contributed by atoms with van der Waals surface area (Å²) < 4.78 is 3.16. The number of imidazole rings is 1. The average molecular weight is 468 g/mol. The molecule has 0 bridgehead atoms. The molecule has 0 aliphatic heterocycles. The Bertz CT molecular complexity index is 1160. The zero-order chi connectivity index (χ0) is 20.2. The number of fused-ring (bicyclic) bond motifs is 1. The molecule has 4 rings (SSSR count). The molecule has 2 amide bonds. The number of aromatic amines is 1. The predicted octanol–water partition coefficient (Wildman–Crippen LogP) is 5.00. The van der Waals surface area contributed by atoms with Crippen LogP contribution in [0.5, 0.6) is 0 Å². The monoisotopic (exact) mass is 467 g/mol. The highest BCUT2D eigenvalue weighted by atomic mass is 79.9. The molecular weight excluding hydrogens is 454 g/mol. The molecule has 0 spiro atoms. The number of H-pyrrole nitrogens is 1. The van der Waals surface area contributed by atoms with Crippen LogP contribution in [0.25, 0.3) is 22.4 Å². The summed E-state index contributed by atoms with van der Waals surface area (Å²) in [7, 11) is 0. The second kappa shape index (κ2) is 8.46. The molecule has 0 fully saturated rings. The maximum Gasteiger partial charge on any atom is 0.329 e. The topological polar surface area (TPSA) is 99.8 Å². The standard InChI is InChI=1S/C20H14BrN5O2S/c21-14-9-13(10-22-11-14)19(27)29-26-20(28)23-15-7-5-12(6-8-15)18-24-16-3-1-2-4-17(16)25-18/h1-11H,(H,24,25)(H2,23,26,28). The Morgan fingerprint density at radius 1 is 1.03 bits per heavy atom. The third-order valence-corrected chi connectivity index (χ3v) is 5.12. The van der Waals surface area contributed by atoms with Crippen molar-refractivity contribution < 1.29 is 9.59 Å². The van der Waals surface area contributed by atoms with E-state index in [1.165, 1.54) is 6.20 Å². The first-order valence-corrected chi connectivity index (χ1v) is 10.1. The molecule has 0 saturated heterocycles. The molecule has 0 aliphatic carbocycles. The molecule has 0 aliphatic rings. The molecule has 2 aromatic heterocycles. The molecule has 0 unspecified atom stereocenters. The van der Waals surface area contributed by atoms with Gasteiger partial charge in [0.25, 0.3) is 0 Å². The van der Waals surface area contributed by atoms with Crippen molar-refractivity contribution in [3.8, 4) is 11.4 Å². The van der Waals surface area contributed by atoms with E-state index in [9.17, 15) is 9.59 Å². The van der Waals surface area contributed by atoms with Crippen molar-refractivity contribution in [2.45, 2.75) is 0 Å². The number of nitrogens with zero attached hydrogens (tertiary/aromatic N) is 2. The second-order valence-corrected chi connectivity index (χ2v) is 7.71. The molecule has 9 heteroatoms. The van der Waals surface area contributed by atoms with E-state index in [2.05, 4.69) is 40.9 Å². The van der Waals surface area contributed by atoms with E-state index in [0.717, 1.165) is 22.4 Å². The Morgan fingerprint density at radius 2 is 1.83 bits per heavy atom. The van der Waals surface area contributed by atoms with E-state index >= 15 is 0 Å². The third kappa shape index (κ3) is 4.64. The number of amides is 2. The van der Waals surface area contributed by atoms with Crippen LogP contribution < -0.4 is 10.0 Å². The van der Waals surface area contributed by atoms with Gasteiger partial charge in [-0.2, -0.15) is 0 Å². The van der Waals surface area contributed by atoms with Crippen molar-refractivity contribution in [1.82, 2.24) is 19.7 Å². The van der Waals surface area contributed by atoms with Gasteiger partial charge in [0.15, 0.2) is 0 Å². The normalized spacial score (nSPS) is 10.7. The number of nitrogens with one attached hydrogen (secondary N) is 3. The van der Waals surface area contributed by atoms with Crippen LogP contribution >= 0.6 is 27.9 Å². The van der Waals surface area contributed by atoms with Crippen LogP contribution in [-0.4, -0.2) is 26.1 Å². The number of rotatable bonds is 3. The highest BCUT2D eigenvalue weighted by Crippen LogP contribution is 2.22. The van der Waals surface area contributed by atoms with Crippen molar-refractivity contribution in [2.75, 3.05) is 5.32 Å². The van der Waals surface area contributed by atoms with Gasteiger partial charge in [0.1, 0.15) is 5.82 Å². The molecule has 3 N–H and O–H groups in total. The number of urea groups is 1. The number of anilines is 1. The Kier molecular flexibility index (Phi) is 5.59. The average Bonchev–Trinajstić information content (AvgIpc) is 3.17. The van der Waals surface area contributed by atoms with E-state index in [-0.39, 0.29) is 5.12 Å². The first-order valence-electron chi connectivity index (χ1n) is 8.52. The lowest BCUT2D eigenvalue weighted by Crippen LogP contribution is -2.24. The molecule has 2 heterocycles. The molecule has 4 aromatic rings. The van der Waals surface area contributed by atoms with E-state index < -0.39 is 6.03 Å². The zero-order valence-corrected chi connectivity index (χ0v) is 17.3. The quantitative estimate of drug-likeness (QED) is 0.368. The molecule has 0 atom stereocenters.